The molecule has 3 aliphatic heterocycles. The van der Waals surface area contributed by atoms with E-state index in [1.54, 1.807) is 11.8 Å². The van der Waals surface area contributed by atoms with Crippen molar-refractivity contribution in [1.82, 2.24) is 26.4 Å². The average molecular weight is 438 g/mol. The second-order valence-corrected chi connectivity index (χ2v) is 11.3. The van der Waals surface area contributed by atoms with Crippen molar-refractivity contribution in [2.24, 2.45) is 29.6 Å². The third-order valence-corrected chi connectivity index (χ3v) is 9.34. The van der Waals surface area contributed by atoms with Gasteiger partial charge in [-0.15, -0.1) is 0 Å². The summed E-state index contributed by atoms with van der Waals surface area (Å²) in [6.45, 7) is 7.63. The summed E-state index contributed by atoms with van der Waals surface area (Å²) >= 11 is 1.72. The number of hydrazine groups is 1. The third kappa shape index (κ3) is 4.52. The molecule has 9 atom stereocenters. The topological polar surface area (TPSA) is 85.5 Å². The van der Waals surface area contributed by atoms with E-state index in [2.05, 4.69) is 42.3 Å². The number of carbonyl (C=O) groups excluding carboxylic acids is 2. The lowest BCUT2D eigenvalue weighted by Gasteiger charge is -2.50. The van der Waals surface area contributed by atoms with Crippen LogP contribution in [0.2, 0.25) is 0 Å². The Bertz CT molecular complexity index is 649. The highest BCUT2D eigenvalue weighted by Crippen LogP contribution is 2.44. The van der Waals surface area contributed by atoms with Crippen molar-refractivity contribution >= 4 is 23.6 Å². The first kappa shape index (κ1) is 22.4. The van der Waals surface area contributed by atoms with Crippen LogP contribution in [0.25, 0.3) is 0 Å². The lowest BCUT2D eigenvalue weighted by Crippen LogP contribution is -2.60. The van der Waals surface area contributed by atoms with Gasteiger partial charge in [0.15, 0.2) is 0 Å². The second kappa shape index (κ2) is 9.35. The minimum absolute atomic E-state index is 0.00890. The molecular formula is C22H39N5O2S. The van der Waals surface area contributed by atoms with Gasteiger partial charge in [-0.05, 0) is 63.2 Å². The predicted octanol–water partition coefficient (Wildman–Crippen LogP) is 1.86. The Kier molecular flexibility index (Phi) is 6.97. The molecule has 0 aromatic rings. The Labute approximate surface area is 185 Å². The number of rotatable bonds is 4. The van der Waals surface area contributed by atoms with Gasteiger partial charge < -0.3 is 15.5 Å². The number of fused-ring (bicyclic) bond motifs is 1. The van der Waals surface area contributed by atoms with Gasteiger partial charge in [0, 0.05) is 37.5 Å². The summed E-state index contributed by atoms with van der Waals surface area (Å²) in [4.78, 5) is 28.4. The van der Waals surface area contributed by atoms with E-state index in [9.17, 15) is 9.59 Å². The number of amides is 2. The molecule has 0 spiro atoms. The van der Waals surface area contributed by atoms with E-state index in [-0.39, 0.29) is 23.2 Å². The average Bonchev–Trinajstić information content (AvgIpc) is 3.19. The van der Waals surface area contributed by atoms with Crippen molar-refractivity contribution in [3.63, 3.8) is 0 Å². The molecule has 0 bridgehead atoms. The highest BCUT2D eigenvalue weighted by atomic mass is 32.2. The molecule has 170 valence electrons. The summed E-state index contributed by atoms with van der Waals surface area (Å²) in [6, 6.07) is 0.844. The molecule has 8 heteroatoms. The number of carbonyl (C=O) groups is 2. The van der Waals surface area contributed by atoms with Crippen LogP contribution >= 0.6 is 11.8 Å². The van der Waals surface area contributed by atoms with E-state index >= 15 is 0 Å². The summed E-state index contributed by atoms with van der Waals surface area (Å²) in [7, 11) is 2.00. The van der Waals surface area contributed by atoms with Crippen molar-refractivity contribution in [3.05, 3.63) is 0 Å². The highest BCUT2D eigenvalue weighted by molar-refractivity contribution is 8.00. The third-order valence-electron chi connectivity index (χ3n) is 8.05. The van der Waals surface area contributed by atoms with Gasteiger partial charge in [0.1, 0.15) is 5.50 Å². The van der Waals surface area contributed by atoms with Crippen molar-refractivity contribution in [1.29, 1.82) is 0 Å². The zero-order chi connectivity index (χ0) is 21.4. The van der Waals surface area contributed by atoms with E-state index < -0.39 is 0 Å². The Balaban J connectivity index is 1.39. The number of nitrogens with one attached hydrogen (secondary N) is 4. The first-order valence-corrected chi connectivity index (χ1v) is 12.8. The van der Waals surface area contributed by atoms with E-state index in [1.807, 2.05) is 11.9 Å². The van der Waals surface area contributed by atoms with Crippen LogP contribution in [0, 0.1) is 29.6 Å². The predicted molar refractivity (Wildman–Crippen MR) is 120 cm³/mol. The van der Waals surface area contributed by atoms with Crippen LogP contribution in [-0.4, -0.2) is 53.3 Å². The maximum absolute atomic E-state index is 13.3. The summed E-state index contributed by atoms with van der Waals surface area (Å²) in [5.41, 5.74) is 6.32. The largest absolute Gasteiger partial charge is 0.342 e. The van der Waals surface area contributed by atoms with E-state index in [4.69, 9.17) is 0 Å². The molecule has 4 aliphatic rings. The quantitative estimate of drug-likeness (QED) is 0.537. The number of hydrogen-bond donors (Lipinski definition) is 4. The molecule has 7 nitrogen and oxygen atoms in total. The normalized spacial score (nSPS) is 44.6. The zero-order valence-corrected chi connectivity index (χ0v) is 19.6. The Morgan fingerprint density at radius 1 is 1.20 bits per heavy atom. The van der Waals surface area contributed by atoms with Gasteiger partial charge in [0.2, 0.25) is 11.8 Å². The summed E-state index contributed by atoms with van der Waals surface area (Å²) < 4.78 is 0. The highest BCUT2D eigenvalue weighted by Gasteiger charge is 2.47. The van der Waals surface area contributed by atoms with E-state index in [0.29, 0.717) is 41.1 Å². The SMILES string of the molecule is CCC1NNC(NC(=O)C2CCC(C)C(C3CC4CNC(C)CC4N(C)C3=O)C2)S1. The maximum Gasteiger partial charge on any atom is 0.225 e. The van der Waals surface area contributed by atoms with Gasteiger partial charge in [0.05, 0.1) is 5.37 Å². The van der Waals surface area contributed by atoms with Gasteiger partial charge >= 0.3 is 0 Å². The number of thioether (sulfide) groups is 1. The molecule has 1 saturated carbocycles. The molecule has 4 rings (SSSR count). The van der Waals surface area contributed by atoms with Crippen LogP contribution in [0.3, 0.4) is 0 Å². The zero-order valence-electron chi connectivity index (χ0n) is 18.8. The molecule has 3 heterocycles. The van der Waals surface area contributed by atoms with Crippen molar-refractivity contribution in [2.45, 2.75) is 82.3 Å². The molecule has 0 radical (unpaired) electrons. The first-order valence-electron chi connectivity index (χ1n) is 11.8. The molecule has 4 fully saturated rings. The Morgan fingerprint density at radius 2 is 2.00 bits per heavy atom. The Morgan fingerprint density at radius 3 is 2.73 bits per heavy atom. The standard InChI is InChI=1S/C22H39N5O2S/c1-5-19-25-26-22(30-19)24-20(28)14-7-6-12(2)16(9-14)17-10-15-11-23-13(3)8-18(15)27(4)21(17)29/h12-19,22-23,25-26H,5-11H2,1-4H3,(H,24,28). The van der Waals surface area contributed by atoms with Crippen LogP contribution in [-0.2, 0) is 9.59 Å². The van der Waals surface area contributed by atoms with Crippen LogP contribution in [0.1, 0.15) is 59.3 Å². The summed E-state index contributed by atoms with van der Waals surface area (Å²) in [5.74, 6) is 1.84. The second-order valence-electron chi connectivity index (χ2n) is 10.0. The number of hydrogen-bond acceptors (Lipinski definition) is 6. The van der Waals surface area contributed by atoms with Crippen molar-refractivity contribution < 1.29 is 9.59 Å². The molecule has 1 aliphatic carbocycles. The number of likely N-dealkylation sites (tertiary alicyclic amines) is 1. The van der Waals surface area contributed by atoms with Crippen molar-refractivity contribution in [3.8, 4) is 0 Å². The minimum atomic E-state index is -0.0706. The van der Waals surface area contributed by atoms with E-state index in [1.165, 1.54) is 0 Å². The molecule has 0 aromatic carbocycles. The van der Waals surface area contributed by atoms with Gasteiger partial charge in [-0.1, -0.05) is 25.6 Å². The fraction of sp³-hybridized carbons (Fsp3) is 0.909. The van der Waals surface area contributed by atoms with Gasteiger partial charge in [-0.25, -0.2) is 10.9 Å². The molecule has 0 aromatic heterocycles. The van der Waals surface area contributed by atoms with Gasteiger partial charge in [-0.2, -0.15) is 0 Å². The first-order chi connectivity index (χ1) is 14.4. The summed E-state index contributed by atoms with van der Waals surface area (Å²) in [6.07, 6.45) is 5.82. The number of piperidine rings is 2. The maximum atomic E-state index is 13.3. The molecule has 3 saturated heterocycles. The van der Waals surface area contributed by atoms with Gasteiger partial charge in [-0.3, -0.25) is 9.59 Å². The molecule has 30 heavy (non-hydrogen) atoms. The lowest BCUT2D eigenvalue weighted by atomic mass is 9.64. The smallest absolute Gasteiger partial charge is 0.225 e. The van der Waals surface area contributed by atoms with Crippen LogP contribution in [0.15, 0.2) is 0 Å². The molecule has 9 unspecified atom stereocenters. The monoisotopic (exact) mass is 437 g/mol. The fourth-order valence-electron chi connectivity index (χ4n) is 6.12. The molecule has 4 N–H and O–H groups in total. The van der Waals surface area contributed by atoms with Crippen LogP contribution < -0.4 is 21.5 Å². The summed E-state index contributed by atoms with van der Waals surface area (Å²) in [5, 5.41) is 7.11. The number of nitrogens with zero attached hydrogens (tertiary/aromatic N) is 1. The van der Waals surface area contributed by atoms with Crippen LogP contribution in [0.4, 0.5) is 0 Å². The fourth-order valence-corrected chi connectivity index (χ4v) is 7.10. The lowest BCUT2D eigenvalue weighted by molar-refractivity contribution is -0.149. The van der Waals surface area contributed by atoms with Crippen molar-refractivity contribution in [2.75, 3.05) is 13.6 Å². The molecule has 2 amide bonds. The van der Waals surface area contributed by atoms with E-state index in [0.717, 1.165) is 45.1 Å². The van der Waals surface area contributed by atoms with Gasteiger partial charge in [0.25, 0.3) is 0 Å². The van der Waals surface area contributed by atoms with Crippen LogP contribution in [0.5, 0.6) is 0 Å². The Hall–Kier alpha value is -0.830. The molecular weight excluding hydrogens is 398 g/mol. The minimum Gasteiger partial charge on any atom is -0.342 e.